The van der Waals surface area contributed by atoms with Crippen molar-refractivity contribution in [3.8, 4) is 16.2 Å². The van der Waals surface area contributed by atoms with E-state index in [2.05, 4.69) is 0 Å². The highest BCUT2D eigenvalue weighted by Gasteiger charge is 2.58. The molecule has 8 nitrogen and oxygen atoms in total. The van der Waals surface area contributed by atoms with Crippen molar-refractivity contribution in [3.05, 3.63) is 95.1 Å². The number of ether oxygens (including phenoxy) is 2. The molecule has 1 amide bonds. The molecule has 2 atom stereocenters. The summed E-state index contributed by atoms with van der Waals surface area (Å²) in [5.74, 6) is -0.172. The first kappa shape index (κ1) is 30.2. The first-order chi connectivity index (χ1) is 21.8. The molecular weight excluding hydrogens is 637 g/mol. The van der Waals surface area contributed by atoms with E-state index in [0.29, 0.717) is 67.4 Å². The molecule has 3 aliphatic rings. The predicted octanol–water partition coefficient (Wildman–Crippen LogP) is 6.62. The molecule has 1 saturated carbocycles. The highest BCUT2D eigenvalue weighted by Crippen LogP contribution is 2.53. The fourth-order valence-electron chi connectivity index (χ4n) is 6.39. The maximum absolute atomic E-state index is 15.4. The summed E-state index contributed by atoms with van der Waals surface area (Å²) in [5, 5.41) is 2.88. The number of rotatable bonds is 8. The van der Waals surface area contributed by atoms with Crippen LogP contribution >= 0.6 is 22.9 Å². The summed E-state index contributed by atoms with van der Waals surface area (Å²) in [6.07, 6.45) is -0.593. The lowest BCUT2D eigenvalue weighted by Crippen LogP contribution is -2.38. The van der Waals surface area contributed by atoms with E-state index >= 15 is 4.39 Å². The van der Waals surface area contributed by atoms with Crippen molar-refractivity contribution >= 4 is 50.4 Å². The Morgan fingerprint density at radius 2 is 1.73 bits per heavy atom. The third-order valence-corrected chi connectivity index (χ3v) is 11.7. The maximum atomic E-state index is 15.4. The van der Waals surface area contributed by atoms with Crippen LogP contribution in [0.2, 0.25) is 5.02 Å². The van der Waals surface area contributed by atoms with Gasteiger partial charge < -0.3 is 14.4 Å². The summed E-state index contributed by atoms with van der Waals surface area (Å²) >= 11 is 7.32. The third kappa shape index (κ3) is 6.19. The fraction of sp³-hybridized carbons (Fsp3) is 0.303. The number of sulfonamides is 1. The molecule has 1 aromatic heterocycles. The van der Waals surface area contributed by atoms with Crippen LogP contribution < -0.4 is 14.5 Å². The second kappa shape index (κ2) is 12.4. The Balaban J connectivity index is 1.06. The SMILES string of the molecule is O=C(Oc1cccs1)N(CC1C2CN(S(=O)(=O)c3cccc(-c4ccc(Cl)cc4)c3)CC12)c1ccc(N2CCOCC2)c(F)c1. The highest BCUT2D eigenvalue weighted by atomic mass is 35.5. The lowest BCUT2D eigenvalue weighted by molar-refractivity contribution is 0.122. The van der Waals surface area contributed by atoms with Crippen molar-refractivity contribution in [1.29, 1.82) is 0 Å². The van der Waals surface area contributed by atoms with E-state index in [1.165, 1.54) is 26.6 Å². The second-order valence-electron chi connectivity index (χ2n) is 11.5. The van der Waals surface area contributed by atoms with Crippen molar-refractivity contribution in [3.63, 3.8) is 0 Å². The number of anilines is 2. The number of benzene rings is 3. The minimum atomic E-state index is -3.72. The van der Waals surface area contributed by atoms with Crippen molar-refractivity contribution in [2.45, 2.75) is 4.90 Å². The van der Waals surface area contributed by atoms with Gasteiger partial charge in [0.25, 0.3) is 0 Å². The van der Waals surface area contributed by atoms with E-state index in [1.807, 2.05) is 28.5 Å². The van der Waals surface area contributed by atoms with Gasteiger partial charge in [-0.3, -0.25) is 4.90 Å². The molecule has 45 heavy (non-hydrogen) atoms. The Hall–Kier alpha value is -3.48. The number of halogens is 2. The maximum Gasteiger partial charge on any atom is 0.420 e. The predicted molar refractivity (Wildman–Crippen MR) is 173 cm³/mol. The quantitative estimate of drug-likeness (QED) is 0.210. The van der Waals surface area contributed by atoms with Gasteiger partial charge in [0.2, 0.25) is 10.0 Å². The van der Waals surface area contributed by atoms with Gasteiger partial charge in [0, 0.05) is 37.7 Å². The number of carbonyl (C=O) groups excluding carboxylic acids is 1. The average molecular weight is 668 g/mol. The molecule has 12 heteroatoms. The molecule has 234 valence electrons. The summed E-state index contributed by atoms with van der Waals surface area (Å²) < 4.78 is 55.2. The van der Waals surface area contributed by atoms with Crippen LogP contribution in [0.4, 0.5) is 20.6 Å². The van der Waals surface area contributed by atoms with Gasteiger partial charge in [-0.05, 0) is 88.9 Å². The topological polar surface area (TPSA) is 79.4 Å². The van der Waals surface area contributed by atoms with E-state index in [1.54, 1.807) is 54.6 Å². The summed E-state index contributed by atoms with van der Waals surface area (Å²) in [6, 6.07) is 22.5. The van der Waals surface area contributed by atoms with Gasteiger partial charge in [0.05, 0.1) is 29.5 Å². The molecule has 3 fully saturated rings. The zero-order valence-corrected chi connectivity index (χ0v) is 26.6. The molecule has 2 unspecified atom stereocenters. The van der Waals surface area contributed by atoms with Crippen molar-refractivity contribution in [2.75, 3.05) is 55.7 Å². The number of hydrogen-bond acceptors (Lipinski definition) is 7. The summed E-state index contributed by atoms with van der Waals surface area (Å²) in [4.78, 5) is 17.1. The Bertz CT molecular complexity index is 1790. The molecule has 0 spiro atoms. The number of hydrogen-bond donors (Lipinski definition) is 0. The summed E-state index contributed by atoms with van der Waals surface area (Å²) in [6.45, 7) is 3.28. The summed E-state index contributed by atoms with van der Waals surface area (Å²) in [5.41, 5.74) is 2.55. The van der Waals surface area contributed by atoms with E-state index in [9.17, 15) is 13.2 Å². The van der Waals surface area contributed by atoms with Crippen LogP contribution in [0.5, 0.6) is 5.06 Å². The van der Waals surface area contributed by atoms with Gasteiger partial charge in [-0.1, -0.05) is 35.9 Å². The Morgan fingerprint density at radius 3 is 2.42 bits per heavy atom. The minimum Gasteiger partial charge on any atom is -0.399 e. The molecule has 0 radical (unpaired) electrons. The van der Waals surface area contributed by atoms with Crippen LogP contribution in [0.15, 0.2) is 89.1 Å². The zero-order chi connectivity index (χ0) is 31.1. The van der Waals surface area contributed by atoms with Gasteiger partial charge in [-0.15, -0.1) is 11.3 Å². The number of carbonyl (C=O) groups is 1. The molecule has 4 aromatic rings. The lowest BCUT2D eigenvalue weighted by Gasteiger charge is -2.30. The van der Waals surface area contributed by atoms with Crippen LogP contribution in [0, 0.1) is 23.6 Å². The van der Waals surface area contributed by atoms with Gasteiger partial charge in [0.1, 0.15) is 5.82 Å². The largest absolute Gasteiger partial charge is 0.420 e. The Morgan fingerprint density at radius 1 is 0.978 bits per heavy atom. The van der Waals surface area contributed by atoms with Crippen LogP contribution in [0.25, 0.3) is 11.1 Å². The van der Waals surface area contributed by atoms with E-state index in [-0.39, 0.29) is 22.6 Å². The van der Waals surface area contributed by atoms with Gasteiger partial charge in [-0.25, -0.2) is 17.6 Å². The number of nitrogens with zero attached hydrogens (tertiary/aromatic N) is 3. The fourth-order valence-corrected chi connectivity index (χ4v) is 8.64. The zero-order valence-electron chi connectivity index (χ0n) is 24.2. The number of thiophene rings is 1. The molecule has 2 saturated heterocycles. The smallest absolute Gasteiger partial charge is 0.399 e. The van der Waals surface area contributed by atoms with E-state index < -0.39 is 21.9 Å². The highest BCUT2D eigenvalue weighted by molar-refractivity contribution is 7.89. The summed E-state index contributed by atoms with van der Waals surface area (Å²) in [7, 11) is -3.72. The molecule has 3 aromatic carbocycles. The lowest BCUT2D eigenvalue weighted by atomic mass is 10.1. The first-order valence-corrected chi connectivity index (χ1v) is 17.5. The molecule has 1 aliphatic carbocycles. The van der Waals surface area contributed by atoms with Gasteiger partial charge in [0.15, 0.2) is 5.06 Å². The van der Waals surface area contributed by atoms with Gasteiger partial charge in [-0.2, -0.15) is 4.31 Å². The molecule has 7 rings (SSSR count). The van der Waals surface area contributed by atoms with Crippen molar-refractivity contribution < 1.29 is 27.1 Å². The average Bonchev–Trinajstić information content (AvgIpc) is 3.39. The molecular formula is C33H31ClFN3O5S2. The standard InChI is InChI=1S/C33H31ClFN3O5S2/c34-24-8-6-22(7-9-24)23-3-1-4-26(17-23)45(40,41)37-19-27-28(20-37)29(27)21-38(33(39)43-32-5-2-16-44-32)25-10-11-31(30(35)18-25)36-12-14-42-15-13-36/h1-11,16-18,27-29H,12-15,19-21H2. The molecule has 0 N–H and O–H groups in total. The monoisotopic (exact) mass is 667 g/mol. The molecule has 2 aliphatic heterocycles. The number of piperidine rings is 1. The van der Waals surface area contributed by atoms with Crippen molar-refractivity contribution in [1.82, 2.24) is 4.31 Å². The van der Waals surface area contributed by atoms with Crippen LogP contribution in [-0.2, 0) is 14.8 Å². The van der Waals surface area contributed by atoms with Crippen LogP contribution in [0.1, 0.15) is 0 Å². The normalized spacial score (nSPS) is 21.4. The third-order valence-electron chi connectivity index (χ3n) is 8.88. The van der Waals surface area contributed by atoms with E-state index in [0.717, 1.165) is 11.1 Å². The Labute approximate surface area is 270 Å². The number of morpholine rings is 1. The number of amides is 1. The van der Waals surface area contributed by atoms with Crippen LogP contribution in [0.3, 0.4) is 0 Å². The molecule has 0 bridgehead atoms. The first-order valence-electron chi connectivity index (χ1n) is 14.8. The van der Waals surface area contributed by atoms with Gasteiger partial charge >= 0.3 is 6.09 Å². The van der Waals surface area contributed by atoms with E-state index in [4.69, 9.17) is 21.1 Å². The number of fused-ring (bicyclic) bond motifs is 1. The Kier molecular flexibility index (Phi) is 8.30. The minimum absolute atomic E-state index is 0.0646. The van der Waals surface area contributed by atoms with Crippen molar-refractivity contribution in [2.24, 2.45) is 17.8 Å². The molecule has 3 heterocycles. The van der Waals surface area contributed by atoms with Crippen LogP contribution in [-0.4, -0.2) is 64.8 Å². The second-order valence-corrected chi connectivity index (χ2v) is 14.8.